The van der Waals surface area contributed by atoms with Crippen LogP contribution in [0, 0.1) is 0 Å². The van der Waals surface area contributed by atoms with E-state index in [0.29, 0.717) is 4.57 Å². The van der Waals surface area contributed by atoms with Gasteiger partial charge in [-0.15, -0.1) is 0 Å². The molecule has 0 saturated heterocycles. The van der Waals surface area contributed by atoms with E-state index >= 15 is 0 Å². The number of fused-ring (bicyclic) bond motifs is 3. The van der Waals surface area contributed by atoms with Gasteiger partial charge in [-0.1, -0.05) is 169 Å². The van der Waals surface area contributed by atoms with Crippen LogP contribution in [0.1, 0.15) is 52.1 Å². The quantitative estimate of drug-likeness (QED) is 0.150. The van der Waals surface area contributed by atoms with Crippen molar-refractivity contribution in [3.63, 3.8) is 0 Å². The maximum atomic E-state index is 10.2. The second-order valence-electron chi connectivity index (χ2n) is 11.3. The smallest absolute Gasteiger partial charge is 0.0651 e. The maximum Gasteiger partial charge on any atom is 0.0651 e. The summed E-state index contributed by atoms with van der Waals surface area (Å²) in [5.41, 5.74) is -14.4. The average Bonchev–Trinajstić information content (AvgIpc) is 1.45. The van der Waals surface area contributed by atoms with E-state index < -0.39 is 319 Å². The highest BCUT2D eigenvalue weighted by atomic mass is 15.1. The molecule has 0 saturated carbocycles. The van der Waals surface area contributed by atoms with Crippen LogP contribution in [0.15, 0.2) is 230 Å². The molecule has 0 aliphatic carbocycles. The normalized spacial score (nSPS) is 20.7. The summed E-state index contributed by atoms with van der Waals surface area (Å²) in [5, 5.41) is -1.58. The summed E-state index contributed by atoms with van der Waals surface area (Å²) in [7, 11) is 0. The zero-order valence-corrected chi connectivity index (χ0v) is 27.9. The van der Waals surface area contributed by atoms with Crippen LogP contribution in [0.5, 0.6) is 0 Å². The van der Waals surface area contributed by atoms with E-state index in [1.165, 1.54) is 0 Å². The first kappa shape index (κ1) is 12.0. The predicted molar refractivity (Wildman–Crippen MR) is 237 cm³/mol. The zero-order valence-electron chi connectivity index (χ0n) is 65.9. The van der Waals surface area contributed by atoms with Crippen molar-refractivity contribution < 1.29 is 52.1 Å². The summed E-state index contributed by atoms with van der Waals surface area (Å²) in [6.07, 6.45) is 0. The second kappa shape index (κ2) is 14.4. The molecule has 2 nitrogen and oxygen atoms in total. The fraction of sp³-hybridized carbons (Fsp3) is 0. The molecule has 0 aliphatic heterocycles. The molecular formula is C54H38N2. The van der Waals surface area contributed by atoms with Gasteiger partial charge in [0.25, 0.3) is 0 Å². The largest absolute Gasteiger partial charge is 0.310 e. The molecule has 0 bridgehead atoms. The van der Waals surface area contributed by atoms with Gasteiger partial charge in [0.1, 0.15) is 0 Å². The fourth-order valence-electron chi connectivity index (χ4n) is 5.64. The van der Waals surface area contributed by atoms with Gasteiger partial charge in [-0.05, 0) is 105 Å². The van der Waals surface area contributed by atoms with Crippen molar-refractivity contribution in [3.05, 3.63) is 230 Å². The second-order valence-corrected chi connectivity index (χ2v) is 11.3. The lowest BCUT2D eigenvalue weighted by Gasteiger charge is -2.26. The molecule has 0 N–H and O–H groups in total. The van der Waals surface area contributed by atoms with E-state index in [9.17, 15) is 23.3 Å². The molecule has 0 unspecified atom stereocenters. The van der Waals surface area contributed by atoms with E-state index in [1.807, 2.05) is 0 Å². The Morgan fingerprint density at radius 1 is 0.321 bits per heavy atom. The molecule has 9 aromatic carbocycles. The standard InChI is InChI=1S/C54H38N2/c1-4-14-39(15-5-1)41-26-28-42(29-27-41)44-32-36-48(37-33-44)55(47-34-30-43(31-35-47)40-16-6-2-7-17-40)49-21-12-18-45(38-49)50-23-13-25-53-54(50)51-22-10-11-24-52(51)56(53)46-19-8-3-9-20-46/h1-38H/i1D,2D,3D,4D,5D,6D,7D,8D,9D,10D,11D,12D,13D,14D,15D,16D,17D,18D,19D,20D,21D,22D,23D,24D,25D,26D,27D,28D,29D,30D,31D,32D,33D,34D,35D,36D,37D,38D. The van der Waals surface area contributed by atoms with Crippen molar-refractivity contribution in [2.24, 2.45) is 0 Å². The molecule has 0 radical (unpaired) electrons. The molecule has 0 atom stereocenters. The summed E-state index contributed by atoms with van der Waals surface area (Å²) >= 11 is 0. The van der Waals surface area contributed by atoms with Crippen LogP contribution in [0.2, 0.25) is 0 Å². The molecule has 0 spiro atoms. The van der Waals surface area contributed by atoms with Gasteiger partial charge in [0.15, 0.2) is 0 Å². The maximum absolute atomic E-state index is 10.2. The topological polar surface area (TPSA) is 8.17 Å². The molecule has 0 aliphatic rings. The molecule has 1 aromatic heterocycles. The summed E-state index contributed by atoms with van der Waals surface area (Å²) < 4.78 is 343. The minimum Gasteiger partial charge on any atom is -0.310 e. The average molecular weight is 753 g/mol. The van der Waals surface area contributed by atoms with Crippen LogP contribution < -0.4 is 4.90 Å². The first-order chi connectivity index (χ1) is 43.6. The van der Waals surface area contributed by atoms with Crippen molar-refractivity contribution in [3.8, 4) is 50.2 Å². The summed E-state index contributed by atoms with van der Waals surface area (Å²) in [6, 6.07) is -43.5. The molecule has 56 heavy (non-hydrogen) atoms. The Kier molecular flexibility index (Phi) is 3.10. The van der Waals surface area contributed by atoms with Gasteiger partial charge in [0.05, 0.1) is 63.1 Å². The predicted octanol–water partition coefficient (Wildman–Crippen LogP) is 14.9. The lowest BCUT2D eigenvalue weighted by atomic mass is 9.98. The first-order valence-corrected chi connectivity index (χ1v) is 16.1. The zero-order chi connectivity index (χ0) is 70.3. The van der Waals surface area contributed by atoms with Crippen molar-refractivity contribution >= 4 is 38.9 Å². The Balaban J connectivity index is 1.41. The number of aromatic nitrogens is 1. The van der Waals surface area contributed by atoms with Gasteiger partial charge < -0.3 is 9.47 Å². The lowest BCUT2D eigenvalue weighted by Crippen LogP contribution is -2.10. The summed E-state index contributed by atoms with van der Waals surface area (Å²) in [5.74, 6) is 0. The number of anilines is 3. The Bertz CT molecular complexity index is 5010. The minimum atomic E-state index is -1.44. The van der Waals surface area contributed by atoms with E-state index in [0.717, 1.165) is 0 Å². The van der Waals surface area contributed by atoms with Crippen molar-refractivity contribution in [2.75, 3.05) is 4.90 Å². The van der Waals surface area contributed by atoms with E-state index in [4.69, 9.17) is 28.8 Å². The summed E-state index contributed by atoms with van der Waals surface area (Å²) in [4.78, 5) is 0.183. The molecule has 264 valence electrons. The van der Waals surface area contributed by atoms with Gasteiger partial charge >= 0.3 is 0 Å². The Hall–Kier alpha value is -7.42. The number of nitrogens with zero attached hydrogens (tertiary/aromatic N) is 2. The van der Waals surface area contributed by atoms with Crippen LogP contribution in [0.4, 0.5) is 17.1 Å². The highest BCUT2D eigenvalue weighted by Gasteiger charge is 2.18. The number of rotatable bonds is 8. The van der Waals surface area contributed by atoms with E-state index in [2.05, 4.69) is 0 Å². The van der Waals surface area contributed by atoms with Gasteiger partial charge in [-0.2, -0.15) is 0 Å². The van der Waals surface area contributed by atoms with E-state index in [-0.39, 0.29) is 4.90 Å². The summed E-state index contributed by atoms with van der Waals surface area (Å²) in [6.45, 7) is 0. The van der Waals surface area contributed by atoms with Crippen LogP contribution in [-0.4, -0.2) is 4.57 Å². The minimum absolute atomic E-state index is 0.183. The highest BCUT2D eigenvalue weighted by Crippen LogP contribution is 2.42. The highest BCUT2D eigenvalue weighted by molar-refractivity contribution is 6.16. The molecule has 0 amide bonds. The Labute approximate surface area is 381 Å². The Morgan fingerprint density at radius 2 is 0.750 bits per heavy atom. The SMILES string of the molecule is [2H]c1c([2H])c([2H])c(-c2c([2H])c([2H])c(-c3c([2H])c([2H])c(N(c4c([2H])c([2H])c(-c5c([2H])c([2H])c([2H])c([2H])c5[2H])c([2H])c4[2H])c4c([2H])c([2H])c([2H])c(-c5c([2H])c([2H])c([2H])c6c5c5c([2H])c([2H])c([2H])c([2H])c5n6-c5c([2H])c([2H])c([2H])c([2H])c5[2H])c4[2H])c([2H])c3[2H])c([2H])c2[2H])c([2H])c1[2H]. The molecule has 10 aromatic rings. The van der Waals surface area contributed by atoms with Gasteiger partial charge in [-0.25, -0.2) is 0 Å². The van der Waals surface area contributed by atoms with Crippen LogP contribution in [0.3, 0.4) is 0 Å². The molecule has 1 heterocycles. The molecule has 0 fully saturated rings. The number of para-hydroxylation sites is 2. The first-order valence-electron chi connectivity index (χ1n) is 35.1. The van der Waals surface area contributed by atoms with Crippen molar-refractivity contribution in [1.82, 2.24) is 4.57 Å². The molecule has 10 rings (SSSR count). The van der Waals surface area contributed by atoms with Crippen LogP contribution in [0.25, 0.3) is 72.0 Å². The molecule has 2 heteroatoms. The van der Waals surface area contributed by atoms with Crippen molar-refractivity contribution in [2.45, 2.75) is 0 Å². The van der Waals surface area contributed by atoms with Crippen LogP contribution >= 0.6 is 0 Å². The third-order valence-corrected chi connectivity index (χ3v) is 8.06. The third kappa shape index (κ3) is 6.14. The number of hydrogen-bond acceptors (Lipinski definition) is 1. The van der Waals surface area contributed by atoms with Gasteiger partial charge in [-0.3, -0.25) is 0 Å². The Morgan fingerprint density at radius 3 is 1.32 bits per heavy atom. The monoisotopic (exact) mass is 753 g/mol. The van der Waals surface area contributed by atoms with E-state index in [1.54, 1.807) is 0 Å². The lowest BCUT2D eigenvalue weighted by molar-refractivity contribution is 1.18. The van der Waals surface area contributed by atoms with Crippen LogP contribution in [-0.2, 0) is 0 Å². The van der Waals surface area contributed by atoms with Gasteiger partial charge in [0, 0.05) is 33.5 Å². The van der Waals surface area contributed by atoms with Gasteiger partial charge in [0.2, 0.25) is 0 Å². The fourth-order valence-corrected chi connectivity index (χ4v) is 5.64. The number of benzene rings is 9. The molecular weight excluding hydrogens is 677 g/mol. The third-order valence-electron chi connectivity index (χ3n) is 8.06. The number of hydrogen-bond donors (Lipinski definition) is 0. The van der Waals surface area contributed by atoms with Crippen molar-refractivity contribution in [1.29, 1.82) is 0 Å².